The van der Waals surface area contributed by atoms with Gasteiger partial charge in [-0.05, 0) is 56.5 Å². The summed E-state index contributed by atoms with van der Waals surface area (Å²) in [5.74, 6) is 0.662. The molecule has 4 heteroatoms. The zero-order chi connectivity index (χ0) is 14.1. The van der Waals surface area contributed by atoms with Gasteiger partial charge >= 0.3 is 0 Å². The molecule has 1 aliphatic rings. The van der Waals surface area contributed by atoms with Gasteiger partial charge in [-0.25, -0.2) is 0 Å². The number of rotatable bonds is 3. The number of halogens is 1. The quantitative estimate of drug-likeness (QED) is 0.947. The second-order valence-electron chi connectivity index (χ2n) is 6.10. The van der Waals surface area contributed by atoms with Gasteiger partial charge in [0.25, 0.3) is 0 Å². The summed E-state index contributed by atoms with van der Waals surface area (Å²) in [6, 6.07) is 11.5. The summed E-state index contributed by atoms with van der Waals surface area (Å²) in [4.78, 5) is 7.10. The van der Waals surface area contributed by atoms with Gasteiger partial charge in [-0.15, -0.1) is 12.4 Å². The average Bonchev–Trinajstić information content (AvgIpc) is 2.80. The molecule has 1 aliphatic heterocycles. The Bertz CT molecular complexity index is 614. The Kier molecular flexibility index (Phi) is 5.20. The van der Waals surface area contributed by atoms with Crippen LogP contribution in [0, 0.1) is 12.8 Å². The fraction of sp³-hybridized carbons (Fsp3) is 0.471. The number of nitrogens with zero attached hydrogens (tertiary/aromatic N) is 2. The molecule has 3 nitrogen and oxygen atoms in total. The molecular weight excluding hydrogens is 282 g/mol. The van der Waals surface area contributed by atoms with E-state index in [1.807, 2.05) is 6.92 Å². The molecule has 0 amide bonds. The first-order chi connectivity index (χ1) is 9.65. The highest BCUT2D eigenvalue weighted by atomic mass is 35.5. The summed E-state index contributed by atoms with van der Waals surface area (Å²) in [6.07, 6.45) is 1.23. The minimum Gasteiger partial charge on any atom is -0.330 e. The molecule has 21 heavy (non-hydrogen) atoms. The molecule has 2 atom stereocenters. The number of nitrogens with two attached hydrogens (primary N) is 1. The van der Waals surface area contributed by atoms with E-state index in [2.05, 4.69) is 47.1 Å². The number of likely N-dealkylation sites (tertiary alicyclic amines) is 1. The number of pyridine rings is 1. The Morgan fingerprint density at radius 1 is 1.29 bits per heavy atom. The van der Waals surface area contributed by atoms with E-state index in [1.165, 1.54) is 17.4 Å². The van der Waals surface area contributed by atoms with Gasteiger partial charge in [0.2, 0.25) is 0 Å². The number of hydrogen-bond donors (Lipinski definition) is 1. The molecule has 2 N–H and O–H groups in total. The lowest BCUT2D eigenvalue weighted by Crippen LogP contribution is -2.27. The van der Waals surface area contributed by atoms with Crippen molar-refractivity contribution in [3.63, 3.8) is 0 Å². The summed E-state index contributed by atoms with van der Waals surface area (Å²) >= 11 is 0. The lowest BCUT2D eigenvalue weighted by Gasteiger charge is -2.21. The van der Waals surface area contributed by atoms with Gasteiger partial charge < -0.3 is 5.73 Å². The average molecular weight is 306 g/mol. The molecule has 2 unspecified atom stereocenters. The normalized spacial score (nSPS) is 22.4. The molecule has 0 saturated carbocycles. The first-order valence-electron chi connectivity index (χ1n) is 7.46. The van der Waals surface area contributed by atoms with Gasteiger partial charge in [-0.2, -0.15) is 0 Å². The molecule has 1 aromatic heterocycles. The number of fused-ring (bicyclic) bond motifs is 1. The maximum Gasteiger partial charge on any atom is 0.0705 e. The second kappa shape index (κ2) is 6.73. The maximum atomic E-state index is 5.81. The van der Waals surface area contributed by atoms with Crippen LogP contribution in [0.5, 0.6) is 0 Å². The third-order valence-electron chi connectivity index (χ3n) is 4.40. The van der Waals surface area contributed by atoms with Gasteiger partial charge in [0.05, 0.1) is 5.52 Å². The van der Waals surface area contributed by atoms with Crippen LogP contribution in [0.2, 0.25) is 0 Å². The molecule has 114 valence electrons. The van der Waals surface area contributed by atoms with Crippen LogP contribution in [0.25, 0.3) is 10.9 Å². The maximum absolute atomic E-state index is 5.81. The molecule has 2 heterocycles. The van der Waals surface area contributed by atoms with Crippen molar-refractivity contribution < 1.29 is 0 Å². The Morgan fingerprint density at radius 2 is 2.10 bits per heavy atom. The number of hydrogen-bond acceptors (Lipinski definition) is 3. The van der Waals surface area contributed by atoms with Crippen LogP contribution in [0.1, 0.15) is 24.6 Å². The van der Waals surface area contributed by atoms with Crippen LogP contribution in [0.3, 0.4) is 0 Å². The Balaban J connectivity index is 0.00000161. The van der Waals surface area contributed by atoms with Crippen molar-refractivity contribution in [3.05, 3.63) is 41.6 Å². The molecule has 3 rings (SSSR count). The monoisotopic (exact) mass is 305 g/mol. The largest absolute Gasteiger partial charge is 0.330 e. The van der Waals surface area contributed by atoms with Gasteiger partial charge in [0, 0.05) is 30.2 Å². The lowest BCUT2D eigenvalue weighted by atomic mass is 10.1. The summed E-state index contributed by atoms with van der Waals surface area (Å²) in [7, 11) is 0. The highest BCUT2D eigenvalue weighted by Crippen LogP contribution is 2.25. The third kappa shape index (κ3) is 3.54. The molecule has 0 spiro atoms. The van der Waals surface area contributed by atoms with Crippen molar-refractivity contribution in [2.75, 3.05) is 13.1 Å². The SMILES string of the molecule is Cc1ccc2cc(CN3CC(CN)CC3C)ccc2n1.Cl. The third-order valence-corrected chi connectivity index (χ3v) is 4.40. The van der Waals surface area contributed by atoms with E-state index in [0.717, 1.165) is 30.8 Å². The van der Waals surface area contributed by atoms with Crippen molar-refractivity contribution in [1.29, 1.82) is 0 Å². The van der Waals surface area contributed by atoms with Crippen LogP contribution in [0.4, 0.5) is 0 Å². The first-order valence-corrected chi connectivity index (χ1v) is 7.46. The Labute approximate surface area is 132 Å². The fourth-order valence-corrected chi connectivity index (χ4v) is 3.22. The van der Waals surface area contributed by atoms with Gasteiger partial charge in [-0.3, -0.25) is 9.88 Å². The molecule has 2 aromatic rings. The smallest absolute Gasteiger partial charge is 0.0705 e. The molecule has 0 bridgehead atoms. The van der Waals surface area contributed by atoms with Crippen molar-refractivity contribution in [2.24, 2.45) is 11.7 Å². The van der Waals surface area contributed by atoms with E-state index in [-0.39, 0.29) is 12.4 Å². The first kappa shape index (κ1) is 16.2. The highest BCUT2D eigenvalue weighted by molar-refractivity contribution is 5.85. The van der Waals surface area contributed by atoms with Crippen molar-refractivity contribution >= 4 is 23.3 Å². The standard InChI is InChI=1S/C17H23N3.ClH/c1-12-3-5-16-8-14(4-6-17(16)19-12)10-20-11-15(9-18)7-13(20)2;/h3-6,8,13,15H,7,9-11,18H2,1-2H3;1H. The van der Waals surface area contributed by atoms with E-state index < -0.39 is 0 Å². The minimum atomic E-state index is 0. The molecule has 0 radical (unpaired) electrons. The van der Waals surface area contributed by atoms with Crippen molar-refractivity contribution in [1.82, 2.24) is 9.88 Å². The molecule has 1 fully saturated rings. The number of aryl methyl sites for hydroxylation is 1. The van der Waals surface area contributed by atoms with Gasteiger partial charge in [-0.1, -0.05) is 12.1 Å². The highest BCUT2D eigenvalue weighted by Gasteiger charge is 2.27. The van der Waals surface area contributed by atoms with E-state index in [4.69, 9.17) is 5.73 Å². The zero-order valence-corrected chi connectivity index (χ0v) is 13.6. The molecule has 0 aliphatic carbocycles. The van der Waals surface area contributed by atoms with Crippen molar-refractivity contribution in [3.8, 4) is 0 Å². The predicted octanol–water partition coefficient (Wildman–Crippen LogP) is 3.13. The summed E-state index contributed by atoms with van der Waals surface area (Å²) in [5.41, 5.74) is 9.33. The van der Waals surface area contributed by atoms with Crippen LogP contribution in [-0.2, 0) is 6.54 Å². The van der Waals surface area contributed by atoms with Crippen LogP contribution < -0.4 is 5.73 Å². The fourth-order valence-electron chi connectivity index (χ4n) is 3.22. The Hall–Kier alpha value is -1.16. The second-order valence-corrected chi connectivity index (χ2v) is 6.10. The van der Waals surface area contributed by atoms with Crippen LogP contribution in [0.15, 0.2) is 30.3 Å². The molecule has 1 aromatic carbocycles. The minimum absolute atomic E-state index is 0. The van der Waals surface area contributed by atoms with Crippen LogP contribution in [-0.4, -0.2) is 29.0 Å². The van der Waals surface area contributed by atoms with Crippen LogP contribution >= 0.6 is 12.4 Å². The van der Waals surface area contributed by atoms with Gasteiger partial charge in [0.15, 0.2) is 0 Å². The van der Waals surface area contributed by atoms with E-state index in [0.29, 0.717) is 12.0 Å². The Morgan fingerprint density at radius 3 is 2.81 bits per heavy atom. The number of benzene rings is 1. The van der Waals surface area contributed by atoms with E-state index >= 15 is 0 Å². The number of aromatic nitrogens is 1. The van der Waals surface area contributed by atoms with E-state index in [1.54, 1.807) is 0 Å². The summed E-state index contributed by atoms with van der Waals surface area (Å²) in [6.45, 7) is 7.29. The van der Waals surface area contributed by atoms with E-state index in [9.17, 15) is 0 Å². The summed E-state index contributed by atoms with van der Waals surface area (Å²) < 4.78 is 0. The topological polar surface area (TPSA) is 42.1 Å². The molecule has 1 saturated heterocycles. The van der Waals surface area contributed by atoms with Crippen molar-refractivity contribution in [2.45, 2.75) is 32.9 Å². The zero-order valence-electron chi connectivity index (χ0n) is 12.7. The summed E-state index contributed by atoms with van der Waals surface area (Å²) in [5, 5.41) is 1.23. The molecular formula is C17H24ClN3. The predicted molar refractivity (Wildman–Crippen MR) is 90.8 cm³/mol. The lowest BCUT2D eigenvalue weighted by molar-refractivity contribution is 0.256. The van der Waals surface area contributed by atoms with Gasteiger partial charge in [0.1, 0.15) is 0 Å².